The molecule has 1 heterocycles. The number of halogens is 1. The van der Waals surface area contributed by atoms with Crippen LogP contribution in [0.1, 0.15) is 0 Å². The zero-order valence-electron chi connectivity index (χ0n) is 17.8. The van der Waals surface area contributed by atoms with Crippen LogP contribution in [-0.4, -0.2) is 20.9 Å². The Hall–Kier alpha value is -4.17. The van der Waals surface area contributed by atoms with Gasteiger partial charge >= 0.3 is 0 Å². The van der Waals surface area contributed by atoms with Gasteiger partial charge in [0, 0.05) is 11.1 Å². The number of fused-ring (bicyclic) bond motifs is 3. The number of amides is 1. The Labute approximate surface area is 196 Å². The summed E-state index contributed by atoms with van der Waals surface area (Å²) in [5.74, 6) is -0.0571. The van der Waals surface area contributed by atoms with Crippen molar-refractivity contribution in [3.63, 3.8) is 0 Å². The molecule has 4 aromatic rings. The summed E-state index contributed by atoms with van der Waals surface area (Å²) in [7, 11) is -4.04. The van der Waals surface area contributed by atoms with Gasteiger partial charge in [0.15, 0.2) is 5.75 Å². The molecule has 0 aromatic heterocycles. The van der Waals surface area contributed by atoms with Gasteiger partial charge in [-0.2, -0.15) is 0 Å². The van der Waals surface area contributed by atoms with Gasteiger partial charge in [-0.1, -0.05) is 48.5 Å². The summed E-state index contributed by atoms with van der Waals surface area (Å²) in [5, 5.41) is 2.74. The first-order chi connectivity index (χ1) is 16.4. The SMILES string of the molecule is O=C(CN1c2ccc(F)cc2-c2ccccc2S1(=O)=O)Nc1ccccc1Oc1ccccc1. The van der Waals surface area contributed by atoms with E-state index in [1.54, 1.807) is 54.6 Å². The largest absolute Gasteiger partial charge is 0.455 e. The van der Waals surface area contributed by atoms with Crippen molar-refractivity contribution in [2.45, 2.75) is 4.90 Å². The summed E-state index contributed by atoms with van der Waals surface area (Å²) in [4.78, 5) is 13.0. The molecular weight excluding hydrogens is 455 g/mol. The minimum Gasteiger partial charge on any atom is -0.455 e. The molecule has 170 valence electrons. The first kappa shape index (κ1) is 21.7. The average molecular weight is 475 g/mol. The molecule has 1 aliphatic rings. The molecule has 0 saturated carbocycles. The van der Waals surface area contributed by atoms with E-state index >= 15 is 0 Å². The number of hydrogen-bond donors (Lipinski definition) is 1. The molecule has 0 fully saturated rings. The third kappa shape index (κ3) is 3.99. The van der Waals surface area contributed by atoms with E-state index in [0.717, 1.165) is 4.31 Å². The summed E-state index contributed by atoms with van der Waals surface area (Å²) in [6.45, 7) is -0.491. The number of nitrogens with one attached hydrogen (secondary N) is 1. The molecule has 34 heavy (non-hydrogen) atoms. The van der Waals surface area contributed by atoms with E-state index < -0.39 is 28.3 Å². The first-order valence-corrected chi connectivity index (χ1v) is 11.9. The molecule has 0 saturated heterocycles. The molecule has 0 aliphatic carbocycles. The Balaban J connectivity index is 1.45. The minimum atomic E-state index is -4.04. The Bertz CT molecular complexity index is 1490. The molecule has 1 amide bonds. The number of rotatable bonds is 5. The second kappa shape index (κ2) is 8.64. The van der Waals surface area contributed by atoms with Crippen LogP contribution in [0.5, 0.6) is 11.5 Å². The summed E-state index contributed by atoms with van der Waals surface area (Å²) >= 11 is 0. The monoisotopic (exact) mass is 474 g/mol. The van der Waals surface area contributed by atoms with E-state index in [9.17, 15) is 17.6 Å². The zero-order chi connectivity index (χ0) is 23.7. The molecule has 5 rings (SSSR count). The number of benzene rings is 4. The van der Waals surface area contributed by atoms with Crippen molar-refractivity contribution >= 4 is 27.3 Å². The maximum Gasteiger partial charge on any atom is 0.265 e. The molecule has 4 aromatic carbocycles. The Morgan fingerprint density at radius 2 is 1.56 bits per heavy atom. The molecule has 0 radical (unpaired) electrons. The maximum absolute atomic E-state index is 14.0. The van der Waals surface area contributed by atoms with Crippen LogP contribution >= 0.6 is 0 Å². The molecule has 6 nitrogen and oxygen atoms in total. The van der Waals surface area contributed by atoms with Gasteiger partial charge in [-0.3, -0.25) is 9.10 Å². The van der Waals surface area contributed by atoms with Crippen molar-refractivity contribution in [2.24, 2.45) is 0 Å². The van der Waals surface area contributed by atoms with E-state index in [1.165, 1.54) is 24.3 Å². The maximum atomic E-state index is 14.0. The van der Waals surface area contributed by atoms with Crippen molar-refractivity contribution in [3.8, 4) is 22.6 Å². The number of carbonyl (C=O) groups excluding carboxylic acids is 1. The van der Waals surface area contributed by atoms with Crippen molar-refractivity contribution < 1.29 is 22.3 Å². The zero-order valence-corrected chi connectivity index (χ0v) is 18.6. The van der Waals surface area contributed by atoms with Crippen LogP contribution in [0.3, 0.4) is 0 Å². The fourth-order valence-electron chi connectivity index (χ4n) is 3.87. The molecule has 8 heteroatoms. The van der Waals surface area contributed by atoms with E-state index in [1.807, 2.05) is 18.2 Å². The van der Waals surface area contributed by atoms with Crippen LogP contribution < -0.4 is 14.4 Å². The number of hydrogen-bond acceptors (Lipinski definition) is 4. The minimum absolute atomic E-state index is 0.0220. The van der Waals surface area contributed by atoms with E-state index in [2.05, 4.69) is 5.32 Å². The smallest absolute Gasteiger partial charge is 0.265 e. The Morgan fingerprint density at radius 1 is 0.853 bits per heavy atom. The van der Waals surface area contributed by atoms with Crippen LogP contribution in [0.25, 0.3) is 11.1 Å². The third-order valence-corrected chi connectivity index (χ3v) is 7.21. The molecule has 1 aliphatic heterocycles. The standard InChI is InChI=1S/C26H19FN2O4S/c27-18-14-15-23-21(16-18)20-10-4-7-13-25(20)34(31,32)29(23)17-26(30)28-22-11-5-6-12-24(22)33-19-8-2-1-3-9-19/h1-16H,17H2,(H,28,30). The molecular formula is C26H19FN2O4S. The summed E-state index contributed by atoms with van der Waals surface area (Å²) in [6, 6.07) is 26.1. The third-order valence-electron chi connectivity index (χ3n) is 5.39. The van der Waals surface area contributed by atoms with Gasteiger partial charge < -0.3 is 10.1 Å². The van der Waals surface area contributed by atoms with Gasteiger partial charge in [-0.25, -0.2) is 12.8 Å². The summed E-state index contributed by atoms with van der Waals surface area (Å²) < 4.78 is 47.6. The average Bonchev–Trinajstić information content (AvgIpc) is 2.84. The van der Waals surface area contributed by atoms with Crippen LogP contribution in [0.4, 0.5) is 15.8 Å². The number of nitrogens with zero attached hydrogens (tertiary/aromatic N) is 1. The molecule has 0 atom stereocenters. The van der Waals surface area contributed by atoms with Crippen molar-refractivity contribution in [1.29, 1.82) is 0 Å². The van der Waals surface area contributed by atoms with Gasteiger partial charge in [0.2, 0.25) is 5.91 Å². The summed E-state index contributed by atoms with van der Waals surface area (Å²) in [6.07, 6.45) is 0. The van der Waals surface area contributed by atoms with Gasteiger partial charge in [-0.05, 0) is 48.5 Å². The lowest BCUT2D eigenvalue weighted by atomic mass is 10.0. The lowest BCUT2D eigenvalue weighted by Gasteiger charge is -2.31. The quantitative estimate of drug-likeness (QED) is 0.418. The van der Waals surface area contributed by atoms with Crippen LogP contribution in [-0.2, 0) is 14.8 Å². The fourth-order valence-corrected chi connectivity index (χ4v) is 5.52. The van der Waals surface area contributed by atoms with Gasteiger partial charge in [0.1, 0.15) is 18.1 Å². The highest BCUT2D eigenvalue weighted by Gasteiger charge is 2.36. The summed E-state index contributed by atoms with van der Waals surface area (Å²) in [5.41, 5.74) is 1.44. The predicted octanol–water partition coefficient (Wildman–Crippen LogP) is 5.43. The number of anilines is 2. The second-order valence-corrected chi connectivity index (χ2v) is 9.46. The van der Waals surface area contributed by atoms with E-state index in [-0.39, 0.29) is 10.6 Å². The Morgan fingerprint density at radius 3 is 2.38 bits per heavy atom. The van der Waals surface area contributed by atoms with Gasteiger partial charge in [-0.15, -0.1) is 0 Å². The van der Waals surface area contributed by atoms with Crippen LogP contribution in [0, 0.1) is 5.82 Å². The lowest BCUT2D eigenvalue weighted by molar-refractivity contribution is -0.114. The van der Waals surface area contributed by atoms with Crippen molar-refractivity contribution in [1.82, 2.24) is 0 Å². The van der Waals surface area contributed by atoms with E-state index in [4.69, 9.17) is 4.74 Å². The highest BCUT2D eigenvalue weighted by atomic mass is 32.2. The first-order valence-electron chi connectivity index (χ1n) is 10.5. The molecule has 0 bridgehead atoms. The van der Waals surface area contributed by atoms with Crippen molar-refractivity contribution in [3.05, 3.63) is 103 Å². The molecule has 0 spiro atoms. The van der Waals surface area contributed by atoms with Crippen molar-refractivity contribution in [2.75, 3.05) is 16.2 Å². The van der Waals surface area contributed by atoms with E-state index in [0.29, 0.717) is 28.3 Å². The highest BCUT2D eigenvalue weighted by molar-refractivity contribution is 7.93. The number of sulfonamides is 1. The fraction of sp³-hybridized carbons (Fsp3) is 0.0385. The Kier molecular flexibility index (Phi) is 5.51. The number of ether oxygens (including phenoxy) is 1. The topological polar surface area (TPSA) is 75.7 Å². The molecule has 0 unspecified atom stereocenters. The number of para-hydroxylation sites is 3. The van der Waals surface area contributed by atoms with Gasteiger partial charge in [0.25, 0.3) is 10.0 Å². The second-order valence-electron chi connectivity index (χ2n) is 7.63. The highest BCUT2D eigenvalue weighted by Crippen LogP contribution is 2.43. The normalized spacial score (nSPS) is 13.5. The van der Waals surface area contributed by atoms with Crippen LogP contribution in [0.15, 0.2) is 102 Å². The van der Waals surface area contributed by atoms with Crippen LogP contribution in [0.2, 0.25) is 0 Å². The predicted molar refractivity (Wildman–Crippen MR) is 128 cm³/mol. The lowest BCUT2D eigenvalue weighted by Crippen LogP contribution is -2.40. The molecule has 1 N–H and O–H groups in total. The number of carbonyl (C=O) groups is 1. The van der Waals surface area contributed by atoms with Gasteiger partial charge in [0.05, 0.1) is 16.3 Å².